The summed E-state index contributed by atoms with van der Waals surface area (Å²) < 4.78 is 5.77. The third-order valence-electron chi connectivity index (χ3n) is 3.00. The van der Waals surface area contributed by atoms with E-state index in [1.54, 1.807) is 6.20 Å². The average molecular weight is 237 g/mol. The second-order valence-corrected chi connectivity index (χ2v) is 4.36. The van der Waals surface area contributed by atoms with Crippen molar-refractivity contribution in [1.82, 2.24) is 9.97 Å². The van der Waals surface area contributed by atoms with E-state index in [1.807, 2.05) is 13.8 Å². The van der Waals surface area contributed by atoms with Crippen molar-refractivity contribution in [2.75, 3.05) is 12.3 Å². The Bertz CT molecular complexity index is 368. The van der Waals surface area contributed by atoms with E-state index < -0.39 is 5.60 Å². The van der Waals surface area contributed by atoms with Gasteiger partial charge in [-0.25, -0.2) is 9.97 Å². The van der Waals surface area contributed by atoms with Crippen molar-refractivity contribution in [2.45, 2.75) is 52.6 Å². The first-order valence-electron chi connectivity index (χ1n) is 6.33. The van der Waals surface area contributed by atoms with Crippen molar-refractivity contribution in [2.24, 2.45) is 0 Å². The summed E-state index contributed by atoms with van der Waals surface area (Å²) in [6.45, 7) is 8.86. The van der Waals surface area contributed by atoms with Gasteiger partial charge in [0, 0.05) is 6.61 Å². The van der Waals surface area contributed by atoms with E-state index in [0.717, 1.165) is 30.8 Å². The van der Waals surface area contributed by atoms with Gasteiger partial charge in [-0.05, 0) is 26.7 Å². The van der Waals surface area contributed by atoms with Gasteiger partial charge in [-0.3, -0.25) is 0 Å². The van der Waals surface area contributed by atoms with Crippen LogP contribution in [0.1, 0.15) is 52.1 Å². The van der Waals surface area contributed by atoms with Gasteiger partial charge in [0.2, 0.25) is 0 Å². The molecule has 4 nitrogen and oxygen atoms in total. The highest BCUT2D eigenvalue weighted by atomic mass is 16.5. The normalized spacial score (nSPS) is 14.6. The summed E-state index contributed by atoms with van der Waals surface area (Å²) in [6.07, 6.45) is 4.45. The maximum Gasteiger partial charge on any atom is 0.160 e. The van der Waals surface area contributed by atoms with Gasteiger partial charge >= 0.3 is 0 Å². The topological polar surface area (TPSA) is 61.0 Å². The quantitative estimate of drug-likeness (QED) is 0.826. The summed E-state index contributed by atoms with van der Waals surface area (Å²) in [5, 5.41) is 0. The van der Waals surface area contributed by atoms with Crippen LogP contribution in [-0.4, -0.2) is 16.6 Å². The number of aromatic nitrogens is 2. The maximum absolute atomic E-state index is 5.87. The van der Waals surface area contributed by atoms with E-state index in [1.165, 1.54) is 0 Å². The van der Waals surface area contributed by atoms with Crippen molar-refractivity contribution >= 4 is 5.69 Å². The Morgan fingerprint density at radius 1 is 1.35 bits per heavy atom. The molecule has 1 aromatic heterocycles. The first kappa shape index (κ1) is 13.9. The number of hydrogen-bond acceptors (Lipinski definition) is 4. The third-order valence-corrected chi connectivity index (χ3v) is 3.00. The summed E-state index contributed by atoms with van der Waals surface area (Å²) >= 11 is 0. The van der Waals surface area contributed by atoms with E-state index in [2.05, 4.69) is 23.8 Å². The number of rotatable bonds is 6. The van der Waals surface area contributed by atoms with Gasteiger partial charge in [0.1, 0.15) is 5.60 Å². The lowest BCUT2D eigenvalue weighted by Crippen LogP contribution is -2.28. The Balaban J connectivity index is 3.08. The van der Waals surface area contributed by atoms with Crippen LogP contribution in [0.4, 0.5) is 5.69 Å². The van der Waals surface area contributed by atoms with Crippen molar-refractivity contribution in [3.63, 3.8) is 0 Å². The molecule has 0 saturated heterocycles. The Hall–Kier alpha value is -1.16. The van der Waals surface area contributed by atoms with Crippen LogP contribution < -0.4 is 5.73 Å². The summed E-state index contributed by atoms with van der Waals surface area (Å²) in [4.78, 5) is 8.88. The highest BCUT2D eigenvalue weighted by Crippen LogP contribution is 2.27. The Morgan fingerprint density at radius 2 is 2.06 bits per heavy atom. The number of nitrogen functional groups attached to an aromatic ring is 1. The minimum atomic E-state index is -0.412. The summed E-state index contributed by atoms with van der Waals surface area (Å²) in [5.74, 6) is 0.736. The van der Waals surface area contributed by atoms with Crippen LogP contribution in [0.25, 0.3) is 0 Å². The van der Waals surface area contributed by atoms with Crippen LogP contribution in [0.15, 0.2) is 6.20 Å². The van der Waals surface area contributed by atoms with Gasteiger partial charge in [-0.1, -0.05) is 20.3 Å². The molecular formula is C13H23N3O. The average Bonchev–Trinajstić information content (AvgIpc) is 2.32. The van der Waals surface area contributed by atoms with Gasteiger partial charge in [0.05, 0.1) is 17.6 Å². The fraction of sp³-hybridized carbons (Fsp3) is 0.692. The number of nitrogens with two attached hydrogens (primary N) is 1. The van der Waals surface area contributed by atoms with E-state index in [9.17, 15) is 0 Å². The van der Waals surface area contributed by atoms with E-state index in [4.69, 9.17) is 10.5 Å². The molecule has 1 atom stereocenters. The highest BCUT2D eigenvalue weighted by molar-refractivity contribution is 5.40. The minimum Gasteiger partial charge on any atom is -0.396 e. The molecule has 1 aromatic rings. The molecule has 0 aliphatic rings. The fourth-order valence-electron chi connectivity index (χ4n) is 1.76. The van der Waals surface area contributed by atoms with Gasteiger partial charge in [-0.2, -0.15) is 0 Å². The Kier molecular flexibility index (Phi) is 4.87. The van der Waals surface area contributed by atoms with Crippen molar-refractivity contribution in [3.05, 3.63) is 17.7 Å². The van der Waals surface area contributed by atoms with E-state index >= 15 is 0 Å². The Labute approximate surface area is 104 Å². The van der Waals surface area contributed by atoms with E-state index in [-0.39, 0.29) is 0 Å². The van der Waals surface area contributed by atoms with Crippen molar-refractivity contribution in [3.8, 4) is 0 Å². The van der Waals surface area contributed by atoms with Crippen molar-refractivity contribution < 1.29 is 4.74 Å². The number of aryl methyl sites for hydroxylation is 1. The largest absolute Gasteiger partial charge is 0.396 e. The predicted molar refractivity (Wildman–Crippen MR) is 69.7 cm³/mol. The first-order chi connectivity index (χ1) is 8.07. The molecule has 0 fully saturated rings. The first-order valence-corrected chi connectivity index (χ1v) is 6.33. The van der Waals surface area contributed by atoms with Crippen LogP contribution in [0, 0.1) is 0 Å². The molecule has 1 heterocycles. The standard InChI is InChI=1S/C13H23N3O/c1-5-8-11-10(14)9-15-12(16-11)13(4,6-2)17-7-3/h9H,5-8,14H2,1-4H3. The van der Waals surface area contributed by atoms with E-state index in [0.29, 0.717) is 12.3 Å². The number of anilines is 1. The lowest BCUT2D eigenvalue weighted by Gasteiger charge is -2.26. The smallest absolute Gasteiger partial charge is 0.160 e. The molecule has 0 aromatic carbocycles. The molecule has 96 valence electrons. The maximum atomic E-state index is 5.87. The highest BCUT2D eigenvalue weighted by Gasteiger charge is 2.28. The van der Waals surface area contributed by atoms with Crippen LogP contribution >= 0.6 is 0 Å². The summed E-state index contributed by atoms with van der Waals surface area (Å²) in [6, 6.07) is 0. The SMILES string of the molecule is CCCc1nc(C(C)(CC)OCC)ncc1N. The van der Waals surface area contributed by atoms with Gasteiger partial charge in [-0.15, -0.1) is 0 Å². The monoisotopic (exact) mass is 237 g/mol. The molecule has 17 heavy (non-hydrogen) atoms. The molecule has 0 amide bonds. The zero-order valence-corrected chi connectivity index (χ0v) is 11.3. The van der Waals surface area contributed by atoms with Crippen LogP contribution in [0.5, 0.6) is 0 Å². The molecule has 1 rings (SSSR count). The van der Waals surface area contributed by atoms with Gasteiger partial charge < -0.3 is 10.5 Å². The molecule has 0 saturated carbocycles. The zero-order valence-electron chi connectivity index (χ0n) is 11.3. The Morgan fingerprint density at radius 3 is 2.59 bits per heavy atom. The molecule has 1 unspecified atom stereocenters. The molecule has 0 bridgehead atoms. The lowest BCUT2D eigenvalue weighted by molar-refractivity contribution is -0.0391. The van der Waals surface area contributed by atoms with Gasteiger partial charge in [0.25, 0.3) is 0 Å². The molecule has 0 radical (unpaired) electrons. The van der Waals surface area contributed by atoms with Crippen LogP contribution in [0.2, 0.25) is 0 Å². The van der Waals surface area contributed by atoms with Crippen LogP contribution in [0.3, 0.4) is 0 Å². The second kappa shape index (κ2) is 5.96. The van der Waals surface area contributed by atoms with Crippen LogP contribution in [-0.2, 0) is 16.8 Å². The third kappa shape index (κ3) is 3.16. The lowest BCUT2D eigenvalue weighted by atomic mass is 10.0. The van der Waals surface area contributed by atoms with Gasteiger partial charge in [0.15, 0.2) is 5.82 Å². The molecule has 0 aliphatic heterocycles. The summed E-state index contributed by atoms with van der Waals surface area (Å²) in [7, 11) is 0. The predicted octanol–water partition coefficient (Wildman–Crippen LogP) is 2.67. The second-order valence-electron chi connectivity index (χ2n) is 4.36. The molecular weight excluding hydrogens is 214 g/mol. The summed E-state index contributed by atoms with van der Waals surface area (Å²) in [5.41, 5.74) is 7.06. The number of nitrogens with zero attached hydrogens (tertiary/aromatic N) is 2. The number of hydrogen-bond donors (Lipinski definition) is 1. The number of ether oxygens (including phenoxy) is 1. The fourth-order valence-corrected chi connectivity index (χ4v) is 1.76. The minimum absolute atomic E-state index is 0.412. The molecule has 0 spiro atoms. The molecule has 2 N–H and O–H groups in total. The molecule has 0 aliphatic carbocycles. The van der Waals surface area contributed by atoms with Crippen molar-refractivity contribution in [1.29, 1.82) is 0 Å². The zero-order chi connectivity index (χ0) is 12.9. The molecule has 4 heteroatoms.